The molecule has 0 aliphatic carbocycles. The van der Waals surface area contributed by atoms with Gasteiger partial charge in [-0.2, -0.15) is 0 Å². The van der Waals surface area contributed by atoms with Gasteiger partial charge in [-0.3, -0.25) is 4.79 Å². The lowest BCUT2D eigenvalue weighted by Crippen LogP contribution is -2.43. The molecule has 1 aliphatic heterocycles. The number of nitrogens with one attached hydrogen (secondary N) is 2. The second kappa shape index (κ2) is 5.57. The van der Waals surface area contributed by atoms with Crippen molar-refractivity contribution in [2.75, 3.05) is 13.1 Å². The van der Waals surface area contributed by atoms with Gasteiger partial charge < -0.3 is 10.6 Å². The van der Waals surface area contributed by atoms with E-state index >= 15 is 0 Å². The van der Waals surface area contributed by atoms with Gasteiger partial charge in [0.15, 0.2) is 5.69 Å². The van der Waals surface area contributed by atoms with Crippen molar-refractivity contribution in [1.29, 1.82) is 0 Å². The highest BCUT2D eigenvalue weighted by Crippen LogP contribution is 2.11. The van der Waals surface area contributed by atoms with Crippen LogP contribution < -0.4 is 10.6 Å². The van der Waals surface area contributed by atoms with E-state index in [2.05, 4.69) is 20.9 Å². The van der Waals surface area contributed by atoms with Crippen LogP contribution in [0.4, 0.5) is 8.78 Å². The summed E-state index contributed by atoms with van der Waals surface area (Å²) in [6.07, 6.45) is 1.56. The highest BCUT2D eigenvalue weighted by molar-refractivity contribution is 5.91. The van der Waals surface area contributed by atoms with Gasteiger partial charge in [-0.1, -0.05) is 11.3 Å². The maximum absolute atomic E-state index is 13.4. The van der Waals surface area contributed by atoms with Crippen LogP contribution in [-0.2, 0) is 6.54 Å². The van der Waals surface area contributed by atoms with E-state index in [4.69, 9.17) is 0 Å². The van der Waals surface area contributed by atoms with Crippen LogP contribution in [0.2, 0.25) is 0 Å². The molecule has 1 aromatic heterocycles. The molecule has 1 saturated heterocycles. The molecule has 1 fully saturated rings. The molecule has 21 heavy (non-hydrogen) atoms. The molecule has 6 nitrogen and oxygen atoms in total. The summed E-state index contributed by atoms with van der Waals surface area (Å²) in [4.78, 5) is 11.9. The Hall–Kier alpha value is -2.35. The highest BCUT2D eigenvalue weighted by atomic mass is 19.1. The third kappa shape index (κ3) is 2.89. The van der Waals surface area contributed by atoms with Crippen LogP contribution in [0.5, 0.6) is 0 Å². The molecule has 1 aromatic carbocycles. The molecular formula is C13H13F2N5O. The van der Waals surface area contributed by atoms with E-state index in [1.54, 1.807) is 10.9 Å². The van der Waals surface area contributed by atoms with Gasteiger partial charge in [0, 0.05) is 31.3 Å². The van der Waals surface area contributed by atoms with E-state index in [0.717, 1.165) is 25.2 Å². The molecule has 2 aromatic rings. The number of carbonyl (C=O) groups excluding carboxylic acids is 1. The van der Waals surface area contributed by atoms with Crippen LogP contribution in [-0.4, -0.2) is 34.0 Å². The molecule has 2 heterocycles. The van der Waals surface area contributed by atoms with Crippen LogP contribution in [0.25, 0.3) is 0 Å². The number of hydrogen-bond acceptors (Lipinski definition) is 4. The van der Waals surface area contributed by atoms with Gasteiger partial charge >= 0.3 is 0 Å². The van der Waals surface area contributed by atoms with Crippen molar-refractivity contribution in [2.24, 2.45) is 0 Å². The minimum atomic E-state index is -0.695. The Morgan fingerprint density at radius 2 is 2.24 bits per heavy atom. The maximum atomic E-state index is 13.4. The van der Waals surface area contributed by atoms with Crippen molar-refractivity contribution in [3.63, 3.8) is 0 Å². The summed E-state index contributed by atoms with van der Waals surface area (Å²) in [6, 6.07) is 3.43. The van der Waals surface area contributed by atoms with E-state index in [9.17, 15) is 13.6 Å². The van der Waals surface area contributed by atoms with Crippen LogP contribution in [0, 0.1) is 11.6 Å². The standard InChI is InChI=1S/C13H13F2N5O/c14-9-2-1-8(11(15)3-9)4-17-13(21)12-7-20(19-18-12)10-5-16-6-10/h1-3,7,10,16H,4-6H2,(H,17,21). The van der Waals surface area contributed by atoms with Crippen molar-refractivity contribution in [1.82, 2.24) is 25.6 Å². The van der Waals surface area contributed by atoms with Gasteiger partial charge in [0.2, 0.25) is 0 Å². The summed E-state index contributed by atoms with van der Waals surface area (Å²) in [6.45, 7) is 1.55. The number of benzene rings is 1. The number of carbonyl (C=O) groups is 1. The van der Waals surface area contributed by atoms with Gasteiger partial charge in [0.05, 0.1) is 12.2 Å². The number of nitrogens with zero attached hydrogens (tertiary/aromatic N) is 3. The molecule has 110 valence electrons. The van der Waals surface area contributed by atoms with E-state index in [1.807, 2.05) is 0 Å². The zero-order chi connectivity index (χ0) is 14.8. The Bertz CT molecular complexity index is 668. The molecule has 0 unspecified atom stereocenters. The molecule has 2 N–H and O–H groups in total. The zero-order valence-electron chi connectivity index (χ0n) is 11.0. The van der Waals surface area contributed by atoms with Gasteiger partial charge in [0.25, 0.3) is 5.91 Å². The van der Waals surface area contributed by atoms with Gasteiger partial charge in [-0.25, -0.2) is 13.5 Å². The van der Waals surface area contributed by atoms with E-state index in [1.165, 1.54) is 6.07 Å². The molecule has 0 spiro atoms. The Morgan fingerprint density at radius 3 is 2.90 bits per heavy atom. The number of hydrogen-bond donors (Lipinski definition) is 2. The first-order valence-corrected chi connectivity index (χ1v) is 6.48. The first kappa shape index (κ1) is 13.6. The molecular weight excluding hydrogens is 280 g/mol. The predicted octanol–water partition coefficient (Wildman–Crippen LogP) is 0.631. The summed E-state index contributed by atoms with van der Waals surface area (Å²) in [7, 11) is 0. The fraction of sp³-hybridized carbons (Fsp3) is 0.308. The number of amides is 1. The van der Waals surface area contributed by atoms with E-state index in [0.29, 0.717) is 0 Å². The lowest BCUT2D eigenvalue weighted by Gasteiger charge is -2.26. The highest BCUT2D eigenvalue weighted by Gasteiger charge is 2.21. The zero-order valence-corrected chi connectivity index (χ0v) is 11.0. The minimum Gasteiger partial charge on any atom is -0.346 e. The lowest BCUT2D eigenvalue weighted by molar-refractivity contribution is 0.0945. The number of halogens is 2. The Kier molecular flexibility index (Phi) is 3.61. The third-order valence-corrected chi connectivity index (χ3v) is 3.33. The van der Waals surface area contributed by atoms with Crippen LogP contribution in [0.15, 0.2) is 24.4 Å². The summed E-state index contributed by atoms with van der Waals surface area (Å²) in [5.41, 5.74) is 0.379. The van der Waals surface area contributed by atoms with Crippen LogP contribution in [0.3, 0.4) is 0 Å². The average Bonchev–Trinajstić information content (AvgIpc) is 2.84. The molecule has 0 atom stereocenters. The Morgan fingerprint density at radius 1 is 1.43 bits per heavy atom. The SMILES string of the molecule is O=C(NCc1ccc(F)cc1F)c1cn(C2CNC2)nn1. The van der Waals surface area contributed by atoms with Crippen molar-refractivity contribution >= 4 is 5.91 Å². The molecule has 0 saturated carbocycles. The van der Waals surface area contributed by atoms with Crippen LogP contribution in [0.1, 0.15) is 22.1 Å². The maximum Gasteiger partial charge on any atom is 0.273 e. The molecule has 0 bridgehead atoms. The van der Waals surface area contributed by atoms with Crippen LogP contribution >= 0.6 is 0 Å². The quantitative estimate of drug-likeness (QED) is 0.867. The lowest BCUT2D eigenvalue weighted by atomic mass is 10.2. The first-order valence-electron chi connectivity index (χ1n) is 6.48. The van der Waals surface area contributed by atoms with Gasteiger partial charge in [-0.05, 0) is 6.07 Å². The van der Waals surface area contributed by atoms with Crippen molar-refractivity contribution in [3.05, 3.63) is 47.3 Å². The molecule has 0 radical (unpaired) electrons. The first-order chi connectivity index (χ1) is 10.1. The molecule has 3 rings (SSSR count). The van der Waals surface area contributed by atoms with E-state index in [-0.39, 0.29) is 23.8 Å². The molecule has 1 aliphatic rings. The predicted molar refractivity (Wildman–Crippen MR) is 69.5 cm³/mol. The van der Waals surface area contributed by atoms with Crippen molar-refractivity contribution in [3.8, 4) is 0 Å². The van der Waals surface area contributed by atoms with Crippen molar-refractivity contribution in [2.45, 2.75) is 12.6 Å². The fourth-order valence-electron chi connectivity index (χ4n) is 1.95. The van der Waals surface area contributed by atoms with Gasteiger partial charge in [-0.15, -0.1) is 5.10 Å². The second-order valence-electron chi connectivity index (χ2n) is 4.81. The van der Waals surface area contributed by atoms with Gasteiger partial charge in [0.1, 0.15) is 11.6 Å². The summed E-state index contributed by atoms with van der Waals surface area (Å²) >= 11 is 0. The third-order valence-electron chi connectivity index (χ3n) is 3.33. The number of rotatable bonds is 4. The normalized spacial score (nSPS) is 14.8. The summed E-state index contributed by atoms with van der Waals surface area (Å²) in [5, 5.41) is 13.3. The fourth-order valence-corrected chi connectivity index (χ4v) is 1.95. The number of aromatic nitrogens is 3. The monoisotopic (exact) mass is 293 g/mol. The Balaban J connectivity index is 1.62. The van der Waals surface area contributed by atoms with E-state index < -0.39 is 17.5 Å². The average molecular weight is 293 g/mol. The van der Waals surface area contributed by atoms with Crippen molar-refractivity contribution < 1.29 is 13.6 Å². The Labute approximate surface area is 119 Å². The largest absolute Gasteiger partial charge is 0.346 e. The topological polar surface area (TPSA) is 71.8 Å². The summed E-state index contributed by atoms with van der Waals surface area (Å²) < 4.78 is 27.8. The smallest absolute Gasteiger partial charge is 0.273 e. The summed E-state index contributed by atoms with van der Waals surface area (Å²) in [5.74, 6) is -1.80. The second-order valence-corrected chi connectivity index (χ2v) is 4.81. The molecule has 8 heteroatoms. The minimum absolute atomic E-state index is 0.0389. The molecule has 1 amide bonds.